The number of halogens is 1. The van der Waals surface area contributed by atoms with Crippen LogP contribution in [0.3, 0.4) is 0 Å². The summed E-state index contributed by atoms with van der Waals surface area (Å²) in [5, 5.41) is 4.23. The van der Waals surface area contributed by atoms with Gasteiger partial charge in [0.25, 0.3) is 0 Å². The van der Waals surface area contributed by atoms with Crippen LogP contribution in [0.25, 0.3) is 5.57 Å². The van der Waals surface area contributed by atoms with E-state index in [1.807, 2.05) is 30.0 Å². The van der Waals surface area contributed by atoms with Gasteiger partial charge in [0, 0.05) is 43.1 Å². The van der Waals surface area contributed by atoms with Gasteiger partial charge in [0.05, 0.1) is 6.04 Å². The van der Waals surface area contributed by atoms with Crippen molar-refractivity contribution < 1.29 is 9.53 Å². The van der Waals surface area contributed by atoms with Crippen LogP contribution in [-0.4, -0.2) is 44.2 Å². The molecule has 4 nitrogen and oxygen atoms in total. The smallest absolute Gasteiger partial charge is 0.210 e. The average molecular weight is 351 g/mol. The highest BCUT2D eigenvalue weighted by Crippen LogP contribution is 2.40. The maximum absolute atomic E-state index is 11.3. The van der Waals surface area contributed by atoms with Crippen molar-refractivity contribution in [3.05, 3.63) is 34.4 Å². The highest BCUT2D eigenvalue weighted by molar-refractivity contribution is 6.30. The van der Waals surface area contributed by atoms with E-state index >= 15 is 0 Å². The molecule has 2 heterocycles. The molecular formula is C19H27ClN2O2. The van der Waals surface area contributed by atoms with Crippen LogP contribution in [0.1, 0.15) is 38.7 Å². The van der Waals surface area contributed by atoms with Gasteiger partial charge >= 0.3 is 0 Å². The van der Waals surface area contributed by atoms with Gasteiger partial charge in [-0.2, -0.15) is 0 Å². The zero-order valence-corrected chi connectivity index (χ0v) is 15.5. The number of rotatable bonds is 4. The highest BCUT2D eigenvalue weighted by Gasteiger charge is 2.31. The van der Waals surface area contributed by atoms with Crippen LogP contribution in [0.15, 0.2) is 23.8 Å². The Labute approximate surface area is 149 Å². The Balaban J connectivity index is 0.000000471. The third-order valence-corrected chi connectivity index (χ3v) is 4.81. The second-order valence-corrected chi connectivity index (χ2v) is 6.46. The molecule has 1 aromatic rings. The summed E-state index contributed by atoms with van der Waals surface area (Å²) in [6.07, 6.45) is 4.02. The van der Waals surface area contributed by atoms with Gasteiger partial charge in [-0.15, -0.1) is 0 Å². The van der Waals surface area contributed by atoms with Gasteiger partial charge in [0.15, 0.2) is 0 Å². The summed E-state index contributed by atoms with van der Waals surface area (Å²) in [4.78, 5) is 13.2. The molecule has 0 spiro atoms. The third-order valence-electron chi connectivity index (χ3n) is 4.57. The predicted molar refractivity (Wildman–Crippen MR) is 100 cm³/mol. The number of amides is 1. The number of fused-ring (bicyclic) bond motifs is 2. The van der Waals surface area contributed by atoms with Crippen molar-refractivity contribution in [1.82, 2.24) is 4.90 Å². The molecular weight excluding hydrogens is 324 g/mol. The number of nitrogens with zero attached hydrogens (tertiary/aromatic N) is 1. The zero-order valence-electron chi connectivity index (χ0n) is 14.8. The summed E-state index contributed by atoms with van der Waals surface area (Å²) >= 11 is 6.14. The monoisotopic (exact) mass is 350 g/mol. The quantitative estimate of drug-likeness (QED) is 0.827. The lowest BCUT2D eigenvalue weighted by atomic mass is 9.84. The normalized spacial score (nSPS) is 18.8. The van der Waals surface area contributed by atoms with Gasteiger partial charge in [0.2, 0.25) is 6.41 Å². The van der Waals surface area contributed by atoms with Crippen LogP contribution in [0, 0.1) is 0 Å². The molecule has 1 atom stereocenters. The van der Waals surface area contributed by atoms with Crippen molar-refractivity contribution in [2.45, 2.75) is 39.2 Å². The minimum absolute atomic E-state index is 0.237. The van der Waals surface area contributed by atoms with Crippen LogP contribution >= 0.6 is 11.6 Å². The van der Waals surface area contributed by atoms with Crippen molar-refractivity contribution in [3.8, 4) is 0 Å². The maximum atomic E-state index is 11.3. The van der Waals surface area contributed by atoms with E-state index in [9.17, 15) is 4.79 Å². The molecule has 1 amide bonds. The first-order valence-electron chi connectivity index (χ1n) is 8.61. The molecule has 1 N–H and O–H groups in total. The Morgan fingerprint density at radius 1 is 1.42 bits per heavy atom. The standard InChI is InChI=1S/C16H19ClN2O.C3H8O/c1-2-3-16-14-9-18-15-5-4-11(17)8-13(15)12(14)6-7-19(16)10-20;1-3-4-2/h4-5,8,10,16,18H,2-3,6-7,9H2,1H3;3H2,1-2H3. The van der Waals surface area contributed by atoms with Crippen LogP contribution in [-0.2, 0) is 9.53 Å². The molecule has 0 bridgehead atoms. The molecule has 1 aromatic carbocycles. The summed E-state index contributed by atoms with van der Waals surface area (Å²) < 4.78 is 4.54. The number of carbonyl (C=O) groups is 1. The number of anilines is 1. The second kappa shape index (κ2) is 9.09. The molecule has 0 saturated heterocycles. The van der Waals surface area contributed by atoms with E-state index in [4.69, 9.17) is 11.6 Å². The summed E-state index contributed by atoms with van der Waals surface area (Å²) in [7, 11) is 1.68. The van der Waals surface area contributed by atoms with E-state index in [2.05, 4.69) is 17.0 Å². The van der Waals surface area contributed by atoms with E-state index < -0.39 is 0 Å². The minimum Gasteiger partial charge on any atom is -0.385 e. The Morgan fingerprint density at radius 2 is 2.17 bits per heavy atom. The van der Waals surface area contributed by atoms with Crippen molar-refractivity contribution in [1.29, 1.82) is 0 Å². The summed E-state index contributed by atoms with van der Waals surface area (Å²) in [6, 6.07) is 6.24. The molecule has 0 aliphatic carbocycles. The Bertz CT molecular complexity index is 599. The second-order valence-electron chi connectivity index (χ2n) is 6.02. The fraction of sp³-hybridized carbons (Fsp3) is 0.526. The zero-order chi connectivity index (χ0) is 17.5. The molecule has 0 radical (unpaired) electrons. The van der Waals surface area contributed by atoms with E-state index in [-0.39, 0.29) is 6.04 Å². The number of methoxy groups -OCH3 is 1. The van der Waals surface area contributed by atoms with E-state index in [0.717, 1.165) is 56.1 Å². The van der Waals surface area contributed by atoms with Crippen molar-refractivity contribution in [2.24, 2.45) is 0 Å². The van der Waals surface area contributed by atoms with E-state index in [1.165, 1.54) is 16.7 Å². The van der Waals surface area contributed by atoms with Gasteiger partial charge < -0.3 is 15.0 Å². The summed E-state index contributed by atoms with van der Waals surface area (Å²) in [6.45, 7) is 6.58. The molecule has 2 aliphatic rings. The van der Waals surface area contributed by atoms with Gasteiger partial charge in [-0.25, -0.2) is 0 Å². The largest absolute Gasteiger partial charge is 0.385 e. The molecule has 1 unspecified atom stereocenters. The first-order chi connectivity index (χ1) is 11.7. The van der Waals surface area contributed by atoms with Gasteiger partial charge in [-0.1, -0.05) is 24.9 Å². The first kappa shape index (κ1) is 18.8. The lowest BCUT2D eigenvalue weighted by molar-refractivity contribution is -0.119. The number of hydrogen-bond acceptors (Lipinski definition) is 3. The Morgan fingerprint density at radius 3 is 2.79 bits per heavy atom. The molecule has 132 valence electrons. The lowest BCUT2D eigenvalue weighted by Crippen LogP contribution is -2.43. The third kappa shape index (κ3) is 4.11. The van der Waals surface area contributed by atoms with Crippen LogP contribution in [0.2, 0.25) is 5.02 Å². The Hall–Kier alpha value is -1.52. The van der Waals surface area contributed by atoms with Crippen LogP contribution in [0.4, 0.5) is 5.69 Å². The average Bonchev–Trinajstić information content (AvgIpc) is 2.62. The van der Waals surface area contributed by atoms with Crippen molar-refractivity contribution in [2.75, 3.05) is 32.1 Å². The van der Waals surface area contributed by atoms with Gasteiger partial charge in [-0.3, -0.25) is 4.79 Å². The molecule has 2 aliphatic heterocycles. The van der Waals surface area contributed by atoms with Crippen molar-refractivity contribution >= 4 is 29.3 Å². The predicted octanol–water partition coefficient (Wildman–Crippen LogP) is 4.20. The molecule has 0 aromatic heterocycles. The van der Waals surface area contributed by atoms with Crippen molar-refractivity contribution in [3.63, 3.8) is 0 Å². The molecule has 0 fully saturated rings. The van der Waals surface area contributed by atoms with Gasteiger partial charge in [-0.05, 0) is 49.1 Å². The number of carbonyl (C=O) groups excluding carboxylic acids is 1. The fourth-order valence-electron chi connectivity index (χ4n) is 3.34. The first-order valence-corrected chi connectivity index (χ1v) is 8.99. The summed E-state index contributed by atoms with van der Waals surface area (Å²) in [5.41, 5.74) is 5.12. The SMILES string of the molecule is CCCC1C2=C(CCN1C=O)c1cc(Cl)ccc1NC2.CCOC. The highest BCUT2D eigenvalue weighted by atomic mass is 35.5. The molecule has 3 rings (SSSR count). The van der Waals surface area contributed by atoms with E-state index in [1.54, 1.807) is 7.11 Å². The lowest BCUT2D eigenvalue weighted by Gasteiger charge is -2.39. The Kier molecular flexibility index (Phi) is 7.13. The van der Waals surface area contributed by atoms with Gasteiger partial charge in [0.1, 0.15) is 0 Å². The van der Waals surface area contributed by atoms with Crippen LogP contribution in [0.5, 0.6) is 0 Å². The van der Waals surface area contributed by atoms with E-state index in [0.29, 0.717) is 0 Å². The summed E-state index contributed by atoms with van der Waals surface area (Å²) in [5.74, 6) is 0. The van der Waals surface area contributed by atoms with Crippen LogP contribution < -0.4 is 5.32 Å². The number of benzene rings is 1. The fourth-order valence-corrected chi connectivity index (χ4v) is 3.51. The molecule has 24 heavy (non-hydrogen) atoms. The number of ether oxygens (including phenoxy) is 1. The number of nitrogens with one attached hydrogen (secondary N) is 1. The molecule has 0 saturated carbocycles. The molecule has 5 heteroatoms. The minimum atomic E-state index is 0.237. The maximum Gasteiger partial charge on any atom is 0.210 e. The topological polar surface area (TPSA) is 41.6 Å². The number of hydrogen-bond donors (Lipinski definition) is 1.